The largest absolute Gasteiger partial charge is 0.493 e. The number of ether oxygens (including phenoxy) is 1. The van der Waals surface area contributed by atoms with E-state index in [-0.39, 0.29) is 0 Å². The molecule has 0 atom stereocenters. The minimum Gasteiger partial charge on any atom is -0.493 e. The number of rotatable bonds is 4. The van der Waals surface area contributed by atoms with E-state index in [0.717, 1.165) is 29.5 Å². The first-order chi connectivity index (χ1) is 7.79. The van der Waals surface area contributed by atoms with Gasteiger partial charge in [0.2, 0.25) is 0 Å². The third-order valence-corrected chi connectivity index (χ3v) is 3.25. The molecule has 1 aromatic heterocycles. The standard InChI is InChI=1S/C13H20N2O/c1-10-6-13(12(7-14)8-15-10)16-9-11-4-2-3-5-11/h6,8,11H,2-5,7,9,14H2,1H3. The molecule has 1 saturated carbocycles. The van der Waals surface area contributed by atoms with Crippen LogP contribution in [0.1, 0.15) is 36.9 Å². The molecule has 1 aliphatic rings. The van der Waals surface area contributed by atoms with Gasteiger partial charge in [0, 0.05) is 30.1 Å². The quantitative estimate of drug-likeness (QED) is 0.847. The highest BCUT2D eigenvalue weighted by molar-refractivity contribution is 5.32. The Balaban J connectivity index is 1.98. The maximum atomic E-state index is 5.87. The smallest absolute Gasteiger partial charge is 0.127 e. The van der Waals surface area contributed by atoms with Crippen LogP contribution in [0.4, 0.5) is 0 Å². The van der Waals surface area contributed by atoms with Crippen molar-refractivity contribution in [3.05, 3.63) is 23.5 Å². The molecule has 0 amide bonds. The van der Waals surface area contributed by atoms with E-state index in [1.807, 2.05) is 19.2 Å². The summed E-state index contributed by atoms with van der Waals surface area (Å²) in [6.45, 7) is 3.30. The molecule has 1 heterocycles. The molecule has 0 aliphatic heterocycles. The number of aryl methyl sites for hydroxylation is 1. The molecule has 16 heavy (non-hydrogen) atoms. The zero-order valence-corrected chi connectivity index (χ0v) is 9.91. The molecule has 0 unspecified atom stereocenters. The SMILES string of the molecule is Cc1cc(OCC2CCCC2)c(CN)cn1. The van der Waals surface area contributed by atoms with Gasteiger partial charge in [-0.05, 0) is 25.7 Å². The fourth-order valence-electron chi connectivity index (χ4n) is 2.24. The van der Waals surface area contributed by atoms with Crippen molar-refractivity contribution in [1.82, 2.24) is 4.98 Å². The van der Waals surface area contributed by atoms with E-state index in [9.17, 15) is 0 Å². The highest BCUT2D eigenvalue weighted by atomic mass is 16.5. The lowest BCUT2D eigenvalue weighted by Crippen LogP contribution is -2.11. The average molecular weight is 220 g/mol. The molecule has 1 fully saturated rings. The van der Waals surface area contributed by atoms with Crippen molar-refractivity contribution >= 4 is 0 Å². The second-order valence-electron chi connectivity index (χ2n) is 4.60. The summed E-state index contributed by atoms with van der Waals surface area (Å²) in [5.41, 5.74) is 7.65. The van der Waals surface area contributed by atoms with Crippen molar-refractivity contribution in [2.75, 3.05) is 6.61 Å². The predicted octanol–water partition coefficient (Wildman–Crippen LogP) is 2.42. The summed E-state index contributed by atoms with van der Waals surface area (Å²) in [7, 11) is 0. The highest BCUT2D eigenvalue weighted by Crippen LogP contribution is 2.26. The number of pyridine rings is 1. The summed E-state index contributed by atoms with van der Waals surface area (Å²) in [5, 5.41) is 0. The van der Waals surface area contributed by atoms with Gasteiger partial charge in [0.25, 0.3) is 0 Å². The molecule has 2 rings (SSSR count). The van der Waals surface area contributed by atoms with E-state index in [1.54, 1.807) is 0 Å². The van der Waals surface area contributed by atoms with Gasteiger partial charge in [0.15, 0.2) is 0 Å². The van der Waals surface area contributed by atoms with Crippen LogP contribution in [0.25, 0.3) is 0 Å². The van der Waals surface area contributed by atoms with Crippen LogP contribution in [0.5, 0.6) is 5.75 Å². The van der Waals surface area contributed by atoms with E-state index in [0.29, 0.717) is 6.54 Å². The molecule has 2 N–H and O–H groups in total. The predicted molar refractivity (Wildman–Crippen MR) is 64.3 cm³/mol. The summed E-state index contributed by atoms with van der Waals surface area (Å²) in [5.74, 6) is 1.65. The fourth-order valence-corrected chi connectivity index (χ4v) is 2.24. The molecular weight excluding hydrogens is 200 g/mol. The van der Waals surface area contributed by atoms with Gasteiger partial charge in [-0.1, -0.05) is 12.8 Å². The minimum atomic E-state index is 0.493. The lowest BCUT2D eigenvalue weighted by atomic mass is 10.1. The second-order valence-corrected chi connectivity index (χ2v) is 4.60. The van der Waals surface area contributed by atoms with Crippen LogP contribution in [-0.2, 0) is 6.54 Å². The Morgan fingerprint density at radius 2 is 2.19 bits per heavy atom. The van der Waals surface area contributed by atoms with Crippen molar-refractivity contribution in [2.45, 2.75) is 39.2 Å². The molecular formula is C13H20N2O. The topological polar surface area (TPSA) is 48.1 Å². The van der Waals surface area contributed by atoms with Gasteiger partial charge < -0.3 is 10.5 Å². The van der Waals surface area contributed by atoms with Gasteiger partial charge in [-0.25, -0.2) is 0 Å². The van der Waals surface area contributed by atoms with Gasteiger partial charge in [0.05, 0.1) is 6.61 Å². The van der Waals surface area contributed by atoms with Crippen LogP contribution < -0.4 is 10.5 Å². The van der Waals surface area contributed by atoms with Gasteiger partial charge in [0.1, 0.15) is 5.75 Å². The normalized spacial score (nSPS) is 16.6. The zero-order valence-electron chi connectivity index (χ0n) is 9.91. The summed E-state index contributed by atoms with van der Waals surface area (Å²) >= 11 is 0. The number of hydrogen-bond donors (Lipinski definition) is 1. The van der Waals surface area contributed by atoms with E-state index in [1.165, 1.54) is 25.7 Å². The summed E-state index contributed by atoms with van der Waals surface area (Å²) in [4.78, 5) is 4.23. The third kappa shape index (κ3) is 2.73. The van der Waals surface area contributed by atoms with Crippen molar-refractivity contribution < 1.29 is 4.74 Å². The van der Waals surface area contributed by atoms with Crippen molar-refractivity contribution in [2.24, 2.45) is 11.7 Å². The van der Waals surface area contributed by atoms with E-state index >= 15 is 0 Å². The zero-order chi connectivity index (χ0) is 11.4. The molecule has 1 aliphatic carbocycles. The number of nitrogens with two attached hydrogens (primary N) is 1. The van der Waals surface area contributed by atoms with E-state index < -0.39 is 0 Å². The van der Waals surface area contributed by atoms with Crippen LogP contribution in [0.2, 0.25) is 0 Å². The van der Waals surface area contributed by atoms with Gasteiger partial charge in [-0.2, -0.15) is 0 Å². The second kappa shape index (κ2) is 5.30. The van der Waals surface area contributed by atoms with Crippen LogP contribution >= 0.6 is 0 Å². The molecule has 3 nitrogen and oxygen atoms in total. The lowest BCUT2D eigenvalue weighted by Gasteiger charge is -2.14. The minimum absolute atomic E-state index is 0.493. The maximum absolute atomic E-state index is 5.87. The third-order valence-electron chi connectivity index (χ3n) is 3.25. The average Bonchev–Trinajstić information content (AvgIpc) is 2.79. The summed E-state index contributed by atoms with van der Waals surface area (Å²) in [6, 6.07) is 1.98. The van der Waals surface area contributed by atoms with Gasteiger partial charge in [-0.3, -0.25) is 4.98 Å². The molecule has 0 bridgehead atoms. The van der Waals surface area contributed by atoms with E-state index in [2.05, 4.69) is 4.98 Å². The Kier molecular flexibility index (Phi) is 3.78. The van der Waals surface area contributed by atoms with Gasteiger partial charge in [-0.15, -0.1) is 0 Å². The summed E-state index contributed by atoms with van der Waals surface area (Å²) < 4.78 is 5.87. The molecule has 3 heteroatoms. The molecule has 0 saturated heterocycles. The lowest BCUT2D eigenvalue weighted by molar-refractivity contribution is 0.249. The van der Waals surface area contributed by atoms with Crippen molar-refractivity contribution in [1.29, 1.82) is 0 Å². The number of aromatic nitrogens is 1. The molecule has 0 spiro atoms. The molecule has 0 aromatic carbocycles. The maximum Gasteiger partial charge on any atom is 0.127 e. The Hall–Kier alpha value is -1.09. The summed E-state index contributed by atoms with van der Waals surface area (Å²) in [6.07, 6.45) is 7.14. The number of nitrogens with zero attached hydrogens (tertiary/aromatic N) is 1. The van der Waals surface area contributed by atoms with Crippen LogP contribution in [0.3, 0.4) is 0 Å². The highest BCUT2D eigenvalue weighted by Gasteiger charge is 2.16. The van der Waals surface area contributed by atoms with Gasteiger partial charge >= 0.3 is 0 Å². The van der Waals surface area contributed by atoms with E-state index in [4.69, 9.17) is 10.5 Å². The monoisotopic (exact) mass is 220 g/mol. The Bertz CT molecular complexity index is 346. The Morgan fingerprint density at radius 1 is 1.44 bits per heavy atom. The fraction of sp³-hybridized carbons (Fsp3) is 0.615. The Labute approximate surface area is 97.0 Å². The van der Waals surface area contributed by atoms with Crippen molar-refractivity contribution in [3.8, 4) is 5.75 Å². The van der Waals surface area contributed by atoms with Crippen molar-refractivity contribution in [3.63, 3.8) is 0 Å². The molecule has 0 radical (unpaired) electrons. The first kappa shape index (κ1) is 11.4. The first-order valence-corrected chi connectivity index (χ1v) is 6.08. The van der Waals surface area contributed by atoms with Crippen LogP contribution in [-0.4, -0.2) is 11.6 Å². The molecule has 88 valence electrons. The van der Waals surface area contributed by atoms with Crippen LogP contribution in [0.15, 0.2) is 12.3 Å². The Morgan fingerprint density at radius 3 is 2.88 bits per heavy atom. The molecule has 1 aromatic rings. The van der Waals surface area contributed by atoms with Crippen LogP contribution in [0, 0.1) is 12.8 Å². The first-order valence-electron chi connectivity index (χ1n) is 6.08. The number of hydrogen-bond acceptors (Lipinski definition) is 3.